The predicted octanol–water partition coefficient (Wildman–Crippen LogP) is 0.697. The number of carbonyl (C=O) groups is 1. The van der Waals surface area contributed by atoms with E-state index in [9.17, 15) is 4.79 Å². The largest absolute Gasteiger partial charge is 0.493 e. The van der Waals surface area contributed by atoms with Crippen molar-refractivity contribution in [1.29, 1.82) is 0 Å². The average molecular weight is 252 g/mol. The van der Waals surface area contributed by atoms with Crippen molar-refractivity contribution >= 4 is 5.91 Å². The standard InChI is InChI=1S/C13H20N2O3/c1-9(13(15)16)8-18-12-10(6-7-14)4-3-5-11(12)17-2/h3-5,9H,6-8,14H2,1-2H3,(H2,15,16). The molecule has 0 saturated heterocycles. The van der Waals surface area contributed by atoms with Crippen LogP contribution in [0.25, 0.3) is 0 Å². The Morgan fingerprint density at radius 1 is 1.44 bits per heavy atom. The third kappa shape index (κ3) is 3.63. The van der Waals surface area contributed by atoms with Gasteiger partial charge in [0.2, 0.25) is 5.91 Å². The first-order valence-corrected chi connectivity index (χ1v) is 5.88. The number of nitrogens with two attached hydrogens (primary N) is 2. The lowest BCUT2D eigenvalue weighted by Crippen LogP contribution is -2.26. The molecule has 0 aliphatic heterocycles. The summed E-state index contributed by atoms with van der Waals surface area (Å²) in [7, 11) is 1.58. The van der Waals surface area contributed by atoms with Crippen molar-refractivity contribution in [2.75, 3.05) is 20.3 Å². The maximum absolute atomic E-state index is 11.0. The first-order valence-electron chi connectivity index (χ1n) is 5.88. The molecule has 5 heteroatoms. The van der Waals surface area contributed by atoms with E-state index in [-0.39, 0.29) is 18.4 Å². The third-order valence-electron chi connectivity index (χ3n) is 2.66. The van der Waals surface area contributed by atoms with E-state index < -0.39 is 0 Å². The van der Waals surface area contributed by atoms with Crippen LogP contribution < -0.4 is 20.9 Å². The van der Waals surface area contributed by atoms with Crippen LogP contribution in [0, 0.1) is 5.92 Å². The Balaban J connectivity index is 2.86. The van der Waals surface area contributed by atoms with Gasteiger partial charge in [0, 0.05) is 0 Å². The van der Waals surface area contributed by atoms with Gasteiger partial charge in [0.25, 0.3) is 0 Å². The van der Waals surface area contributed by atoms with Gasteiger partial charge < -0.3 is 20.9 Å². The molecule has 100 valence electrons. The molecule has 0 heterocycles. The second-order valence-corrected chi connectivity index (χ2v) is 4.10. The first-order chi connectivity index (χ1) is 8.60. The van der Waals surface area contributed by atoms with Crippen molar-refractivity contribution in [1.82, 2.24) is 0 Å². The molecule has 0 aliphatic rings. The highest BCUT2D eigenvalue weighted by molar-refractivity contribution is 5.76. The van der Waals surface area contributed by atoms with Gasteiger partial charge in [0.05, 0.1) is 19.6 Å². The number of ether oxygens (including phenoxy) is 2. The van der Waals surface area contributed by atoms with Gasteiger partial charge in [-0.15, -0.1) is 0 Å². The molecule has 0 aliphatic carbocycles. The summed E-state index contributed by atoms with van der Waals surface area (Å²) in [4.78, 5) is 11.0. The third-order valence-corrected chi connectivity index (χ3v) is 2.66. The SMILES string of the molecule is COc1cccc(CCN)c1OCC(C)C(N)=O. The number of benzene rings is 1. The average Bonchev–Trinajstić information content (AvgIpc) is 2.36. The van der Waals surface area contributed by atoms with Crippen molar-refractivity contribution < 1.29 is 14.3 Å². The van der Waals surface area contributed by atoms with Crippen LogP contribution in [0.4, 0.5) is 0 Å². The van der Waals surface area contributed by atoms with E-state index in [0.29, 0.717) is 24.5 Å². The van der Waals surface area contributed by atoms with Gasteiger partial charge in [-0.1, -0.05) is 19.1 Å². The monoisotopic (exact) mass is 252 g/mol. The Kier molecular flexibility index (Phi) is 5.45. The minimum atomic E-state index is -0.384. The van der Waals surface area contributed by atoms with E-state index in [1.54, 1.807) is 14.0 Å². The van der Waals surface area contributed by atoms with Gasteiger partial charge in [-0.2, -0.15) is 0 Å². The van der Waals surface area contributed by atoms with Crippen LogP contribution in [0.1, 0.15) is 12.5 Å². The van der Waals surface area contributed by atoms with E-state index in [1.807, 2.05) is 18.2 Å². The summed E-state index contributed by atoms with van der Waals surface area (Å²) in [5, 5.41) is 0. The number of amides is 1. The van der Waals surface area contributed by atoms with E-state index in [4.69, 9.17) is 20.9 Å². The van der Waals surface area contributed by atoms with E-state index >= 15 is 0 Å². The molecule has 1 aromatic rings. The van der Waals surface area contributed by atoms with Crippen LogP contribution in [-0.4, -0.2) is 26.2 Å². The number of hydrogen-bond acceptors (Lipinski definition) is 4. The van der Waals surface area contributed by atoms with Crippen molar-refractivity contribution in [3.05, 3.63) is 23.8 Å². The number of rotatable bonds is 7. The molecule has 0 fully saturated rings. The molecule has 4 N–H and O–H groups in total. The minimum absolute atomic E-state index is 0.229. The topological polar surface area (TPSA) is 87.6 Å². The number of carbonyl (C=O) groups excluding carboxylic acids is 1. The highest BCUT2D eigenvalue weighted by Gasteiger charge is 2.14. The fourth-order valence-corrected chi connectivity index (χ4v) is 1.53. The summed E-state index contributed by atoms with van der Waals surface area (Å²) >= 11 is 0. The molecule has 18 heavy (non-hydrogen) atoms. The van der Waals surface area contributed by atoms with Crippen molar-refractivity contribution in [3.8, 4) is 11.5 Å². The van der Waals surface area contributed by atoms with E-state index in [1.165, 1.54) is 0 Å². The van der Waals surface area contributed by atoms with Crippen LogP contribution in [0.15, 0.2) is 18.2 Å². The van der Waals surface area contributed by atoms with Crippen LogP contribution in [-0.2, 0) is 11.2 Å². The van der Waals surface area contributed by atoms with E-state index in [0.717, 1.165) is 5.56 Å². The molecule has 1 aromatic carbocycles. The number of hydrogen-bond donors (Lipinski definition) is 2. The zero-order valence-electron chi connectivity index (χ0n) is 10.8. The van der Waals surface area contributed by atoms with Crippen molar-refractivity contribution in [2.24, 2.45) is 17.4 Å². The van der Waals surface area contributed by atoms with Gasteiger partial charge in [-0.3, -0.25) is 4.79 Å². The summed E-state index contributed by atoms with van der Waals surface area (Å²) in [5.74, 6) is 0.544. The molecule has 1 rings (SSSR count). The molecular formula is C13H20N2O3. The molecule has 1 atom stereocenters. The molecule has 0 radical (unpaired) electrons. The lowest BCUT2D eigenvalue weighted by atomic mass is 10.1. The number of methoxy groups -OCH3 is 1. The molecule has 1 amide bonds. The van der Waals surface area contributed by atoms with Gasteiger partial charge in [-0.05, 0) is 24.6 Å². The highest BCUT2D eigenvalue weighted by Crippen LogP contribution is 2.31. The Labute approximate surface area is 107 Å². The molecule has 0 bridgehead atoms. The first kappa shape index (κ1) is 14.3. The second-order valence-electron chi connectivity index (χ2n) is 4.10. The maximum Gasteiger partial charge on any atom is 0.223 e. The lowest BCUT2D eigenvalue weighted by molar-refractivity contribution is -0.122. The van der Waals surface area contributed by atoms with Crippen LogP contribution in [0.2, 0.25) is 0 Å². The molecule has 5 nitrogen and oxygen atoms in total. The van der Waals surface area contributed by atoms with Gasteiger partial charge in [-0.25, -0.2) is 0 Å². The summed E-state index contributed by atoms with van der Waals surface area (Å²) in [6.07, 6.45) is 0.692. The van der Waals surface area contributed by atoms with Crippen LogP contribution >= 0.6 is 0 Å². The quantitative estimate of drug-likeness (QED) is 0.747. The Morgan fingerprint density at radius 3 is 2.72 bits per heavy atom. The summed E-state index contributed by atoms with van der Waals surface area (Å²) in [5.41, 5.74) is 11.7. The zero-order valence-corrected chi connectivity index (χ0v) is 10.8. The second kappa shape index (κ2) is 6.86. The van der Waals surface area contributed by atoms with E-state index in [2.05, 4.69) is 0 Å². The molecule has 0 aromatic heterocycles. The predicted molar refractivity (Wildman–Crippen MR) is 69.6 cm³/mol. The molecular weight excluding hydrogens is 232 g/mol. The highest BCUT2D eigenvalue weighted by atomic mass is 16.5. The van der Waals surface area contributed by atoms with Gasteiger partial charge in [0.1, 0.15) is 0 Å². The smallest absolute Gasteiger partial charge is 0.223 e. The fraction of sp³-hybridized carbons (Fsp3) is 0.462. The Hall–Kier alpha value is -1.75. The van der Waals surface area contributed by atoms with Crippen molar-refractivity contribution in [2.45, 2.75) is 13.3 Å². The zero-order chi connectivity index (χ0) is 13.5. The number of primary amides is 1. The molecule has 0 spiro atoms. The van der Waals surface area contributed by atoms with Gasteiger partial charge >= 0.3 is 0 Å². The Bertz CT molecular complexity index is 407. The van der Waals surface area contributed by atoms with Gasteiger partial charge in [0.15, 0.2) is 11.5 Å². The van der Waals surface area contributed by atoms with Crippen molar-refractivity contribution in [3.63, 3.8) is 0 Å². The molecule has 1 unspecified atom stereocenters. The fourth-order valence-electron chi connectivity index (χ4n) is 1.53. The normalized spacial score (nSPS) is 11.9. The summed E-state index contributed by atoms with van der Waals surface area (Å²) < 4.78 is 10.9. The summed E-state index contributed by atoms with van der Waals surface area (Å²) in [6, 6.07) is 5.62. The molecule has 0 saturated carbocycles. The lowest BCUT2D eigenvalue weighted by Gasteiger charge is -2.16. The van der Waals surface area contributed by atoms with Crippen LogP contribution in [0.5, 0.6) is 11.5 Å². The Morgan fingerprint density at radius 2 is 2.17 bits per heavy atom. The maximum atomic E-state index is 11.0. The van der Waals surface area contributed by atoms with Crippen LogP contribution in [0.3, 0.4) is 0 Å². The number of para-hydroxylation sites is 1. The minimum Gasteiger partial charge on any atom is -0.493 e. The summed E-state index contributed by atoms with van der Waals surface area (Å²) in [6.45, 7) is 2.47.